The average Bonchev–Trinajstić information content (AvgIpc) is 3.12. The van der Waals surface area contributed by atoms with Gasteiger partial charge in [-0.15, -0.1) is 0 Å². The molecule has 0 saturated carbocycles. The number of hydrogen-bond donors (Lipinski definition) is 0. The minimum atomic E-state index is -3.08. The second kappa shape index (κ2) is 8.27. The van der Waals surface area contributed by atoms with Crippen molar-refractivity contribution < 1.29 is 17.9 Å². The number of carbonyl (C=O) groups excluding carboxylic acids is 1. The van der Waals surface area contributed by atoms with E-state index in [0.29, 0.717) is 5.17 Å². The average molecular weight is 542 g/mol. The monoisotopic (exact) mass is 542 g/mol. The Bertz CT molecular complexity index is 1070. The molecule has 0 radical (unpaired) electrons. The first-order valence-corrected chi connectivity index (χ1v) is 12.8. The summed E-state index contributed by atoms with van der Waals surface area (Å²) in [5.41, 5.74) is 1.72. The molecule has 6 nitrogen and oxygen atoms in total. The predicted octanol–water partition coefficient (Wildman–Crippen LogP) is 3.14. The molecule has 0 bridgehead atoms. The Hall–Kier alpha value is -1.59. The SMILES string of the molecule is COc1ccc(CC(=O)N=C2S[C@@H]3CS(=O)(=O)C[C@H]3N2c2cccc(I)c2)cc1. The minimum Gasteiger partial charge on any atom is -0.497 e. The van der Waals surface area contributed by atoms with E-state index in [0.717, 1.165) is 20.6 Å². The third kappa shape index (κ3) is 4.61. The highest BCUT2D eigenvalue weighted by Gasteiger charge is 2.49. The van der Waals surface area contributed by atoms with Crippen LogP contribution in [-0.4, -0.2) is 49.4 Å². The number of thioether (sulfide) groups is 1. The van der Waals surface area contributed by atoms with Crippen LogP contribution in [0.3, 0.4) is 0 Å². The van der Waals surface area contributed by atoms with Crippen LogP contribution >= 0.6 is 34.4 Å². The molecule has 0 aliphatic carbocycles. The Morgan fingerprint density at radius 3 is 2.69 bits per heavy atom. The maximum atomic E-state index is 12.6. The number of amides is 1. The molecule has 2 fully saturated rings. The van der Waals surface area contributed by atoms with Gasteiger partial charge in [0.1, 0.15) is 5.75 Å². The highest BCUT2D eigenvalue weighted by atomic mass is 127. The predicted molar refractivity (Wildman–Crippen MR) is 125 cm³/mol. The first-order chi connectivity index (χ1) is 13.8. The van der Waals surface area contributed by atoms with Gasteiger partial charge in [0.25, 0.3) is 5.91 Å². The van der Waals surface area contributed by atoms with Crippen LogP contribution in [0.15, 0.2) is 53.5 Å². The molecule has 0 aromatic heterocycles. The van der Waals surface area contributed by atoms with E-state index in [2.05, 4.69) is 27.6 Å². The van der Waals surface area contributed by atoms with Crippen LogP contribution < -0.4 is 9.64 Å². The number of fused-ring (bicyclic) bond motifs is 1. The second-order valence-electron chi connectivity index (χ2n) is 6.96. The van der Waals surface area contributed by atoms with Crippen LogP contribution in [-0.2, 0) is 21.1 Å². The van der Waals surface area contributed by atoms with E-state index in [1.807, 2.05) is 53.4 Å². The summed E-state index contributed by atoms with van der Waals surface area (Å²) in [5.74, 6) is 0.685. The Labute approximate surface area is 187 Å². The zero-order chi connectivity index (χ0) is 20.6. The van der Waals surface area contributed by atoms with Gasteiger partial charge in [0, 0.05) is 14.5 Å². The molecule has 0 spiro atoms. The van der Waals surface area contributed by atoms with Gasteiger partial charge in [-0.2, -0.15) is 4.99 Å². The van der Waals surface area contributed by atoms with E-state index < -0.39 is 9.84 Å². The van der Waals surface area contributed by atoms with Crippen molar-refractivity contribution in [3.63, 3.8) is 0 Å². The number of nitrogens with zero attached hydrogens (tertiary/aromatic N) is 2. The van der Waals surface area contributed by atoms with E-state index in [1.165, 1.54) is 11.8 Å². The number of carbonyl (C=O) groups is 1. The maximum absolute atomic E-state index is 12.6. The minimum absolute atomic E-state index is 0.0851. The van der Waals surface area contributed by atoms with Crippen molar-refractivity contribution in [2.24, 2.45) is 4.99 Å². The summed E-state index contributed by atoms with van der Waals surface area (Å²) >= 11 is 3.61. The highest BCUT2D eigenvalue weighted by Crippen LogP contribution is 2.41. The third-order valence-electron chi connectivity index (χ3n) is 4.89. The first-order valence-electron chi connectivity index (χ1n) is 9.01. The zero-order valence-electron chi connectivity index (χ0n) is 15.6. The van der Waals surface area contributed by atoms with Crippen LogP contribution in [0.1, 0.15) is 5.56 Å². The van der Waals surface area contributed by atoms with Crippen molar-refractivity contribution >= 4 is 61.0 Å². The van der Waals surface area contributed by atoms with Crippen LogP contribution in [0.2, 0.25) is 0 Å². The van der Waals surface area contributed by atoms with E-state index in [9.17, 15) is 13.2 Å². The van der Waals surface area contributed by atoms with Gasteiger partial charge in [-0.25, -0.2) is 8.42 Å². The lowest BCUT2D eigenvalue weighted by Gasteiger charge is -2.24. The number of anilines is 1. The summed E-state index contributed by atoms with van der Waals surface area (Å²) in [7, 11) is -1.48. The van der Waals surface area contributed by atoms with Crippen LogP contribution in [0.25, 0.3) is 0 Å². The largest absolute Gasteiger partial charge is 0.497 e. The number of amidine groups is 1. The zero-order valence-corrected chi connectivity index (χ0v) is 19.4. The Morgan fingerprint density at radius 1 is 1.24 bits per heavy atom. The Kier molecular flexibility index (Phi) is 5.90. The smallest absolute Gasteiger partial charge is 0.252 e. The number of benzene rings is 2. The molecule has 1 amide bonds. The number of rotatable bonds is 4. The van der Waals surface area contributed by atoms with E-state index in [-0.39, 0.29) is 35.1 Å². The molecular formula is C20H19IN2O4S2. The number of sulfone groups is 1. The normalized spacial score (nSPS) is 23.9. The van der Waals surface area contributed by atoms with Gasteiger partial charge in [0.2, 0.25) is 0 Å². The molecule has 0 unspecified atom stereocenters. The quantitative estimate of drug-likeness (QED) is 0.553. The number of aliphatic imine (C=N–C) groups is 1. The van der Waals surface area contributed by atoms with Crippen molar-refractivity contribution in [2.75, 3.05) is 23.5 Å². The lowest BCUT2D eigenvalue weighted by Crippen LogP contribution is -2.37. The Morgan fingerprint density at radius 2 is 2.00 bits per heavy atom. The lowest BCUT2D eigenvalue weighted by atomic mass is 10.1. The topological polar surface area (TPSA) is 76.0 Å². The summed E-state index contributed by atoms with van der Waals surface area (Å²) in [5, 5.41) is 0.473. The fraction of sp³-hybridized carbons (Fsp3) is 0.300. The van der Waals surface area contributed by atoms with Gasteiger partial charge in [-0.3, -0.25) is 4.79 Å². The number of ether oxygens (including phenoxy) is 1. The number of halogens is 1. The first kappa shape index (κ1) is 20.7. The van der Waals surface area contributed by atoms with Crippen LogP contribution in [0.4, 0.5) is 5.69 Å². The van der Waals surface area contributed by atoms with Gasteiger partial charge >= 0.3 is 0 Å². The molecule has 2 aliphatic heterocycles. The molecule has 2 aliphatic rings. The van der Waals surface area contributed by atoms with Gasteiger partial charge in [-0.05, 0) is 58.5 Å². The van der Waals surface area contributed by atoms with Crippen molar-refractivity contribution in [2.45, 2.75) is 17.7 Å². The molecular weight excluding hydrogens is 523 g/mol. The summed E-state index contributed by atoms with van der Waals surface area (Å²) in [6, 6.07) is 14.9. The maximum Gasteiger partial charge on any atom is 0.252 e. The molecule has 4 rings (SSSR count). The van der Waals surface area contributed by atoms with E-state index >= 15 is 0 Å². The molecule has 2 aromatic rings. The molecule has 2 saturated heterocycles. The molecule has 2 heterocycles. The second-order valence-corrected chi connectivity index (χ2v) is 11.6. The number of methoxy groups -OCH3 is 1. The standard InChI is InChI=1S/C20H19IN2O4S2/c1-27-16-7-5-13(6-8-16)9-19(24)22-20-23(15-4-2-3-14(21)10-15)17-11-29(25,26)12-18(17)28-20/h2-8,10,17-18H,9,11-12H2,1H3/t17-,18-/m1/s1. The van der Waals surface area contributed by atoms with Crippen molar-refractivity contribution in [3.05, 3.63) is 57.7 Å². The lowest BCUT2D eigenvalue weighted by molar-refractivity contribution is -0.117. The molecule has 2 atom stereocenters. The van der Waals surface area contributed by atoms with Crippen LogP contribution in [0.5, 0.6) is 5.75 Å². The highest BCUT2D eigenvalue weighted by molar-refractivity contribution is 14.1. The van der Waals surface area contributed by atoms with Crippen LogP contribution in [0, 0.1) is 3.57 Å². The Balaban J connectivity index is 1.61. The summed E-state index contributed by atoms with van der Waals surface area (Å²) in [6.45, 7) is 0. The molecule has 0 N–H and O–H groups in total. The summed E-state index contributed by atoms with van der Waals surface area (Å²) in [4.78, 5) is 18.9. The molecule has 152 valence electrons. The van der Waals surface area contributed by atoms with Crippen molar-refractivity contribution in [1.82, 2.24) is 0 Å². The van der Waals surface area contributed by atoms with E-state index in [1.54, 1.807) is 7.11 Å². The van der Waals surface area contributed by atoms with Crippen molar-refractivity contribution in [1.29, 1.82) is 0 Å². The van der Waals surface area contributed by atoms with Gasteiger partial charge in [0.15, 0.2) is 15.0 Å². The molecule has 2 aromatic carbocycles. The fourth-order valence-electron chi connectivity index (χ4n) is 3.56. The third-order valence-corrected chi connectivity index (χ3v) is 8.77. The van der Waals surface area contributed by atoms with Crippen molar-refractivity contribution in [3.8, 4) is 5.75 Å². The summed E-state index contributed by atoms with van der Waals surface area (Å²) in [6.07, 6.45) is 0.182. The fourth-order valence-corrected chi connectivity index (χ4v) is 8.01. The van der Waals surface area contributed by atoms with Gasteiger partial charge in [0.05, 0.1) is 31.1 Å². The van der Waals surface area contributed by atoms with Gasteiger partial charge < -0.3 is 9.64 Å². The van der Waals surface area contributed by atoms with E-state index in [4.69, 9.17) is 4.74 Å². The summed E-state index contributed by atoms with van der Waals surface area (Å²) < 4.78 is 30.5. The molecule has 29 heavy (non-hydrogen) atoms. The van der Waals surface area contributed by atoms with Gasteiger partial charge in [-0.1, -0.05) is 30.0 Å². The molecule has 9 heteroatoms. The number of hydrogen-bond acceptors (Lipinski definition) is 5.